The Morgan fingerprint density at radius 3 is 1.96 bits per heavy atom. The van der Waals surface area contributed by atoms with Crippen molar-refractivity contribution in [3.8, 4) is 0 Å². The lowest BCUT2D eigenvalue weighted by molar-refractivity contribution is -0.137. The van der Waals surface area contributed by atoms with Crippen molar-refractivity contribution in [2.45, 2.75) is 97.7 Å². The lowest BCUT2D eigenvalue weighted by atomic mass is 10.1. The number of rotatable bonds is 12. The summed E-state index contributed by atoms with van der Waals surface area (Å²) in [5.74, 6) is -0.222. The van der Waals surface area contributed by atoms with Crippen LogP contribution in [-0.4, -0.2) is 27.5 Å². The molecule has 0 amide bonds. The van der Waals surface area contributed by atoms with Gasteiger partial charge in [-0.05, 0) is 49.7 Å². The first-order valence-electron chi connectivity index (χ1n) is 9.66. The number of unbranched alkanes of at least 4 members (excludes halogenated alkanes) is 2. The summed E-state index contributed by atoms with van der Waals surface area (Å²) in [5.41, 5.74) is 3.04. The molecule has 0 aliphatic heterocycles. The Balaban J connectivity index is 4.22. The van der Waals surface area contributed by atoms with E-state index in [0.717, 1.165) is 37.9 Å². The molecule has 0 aromatic heterocycles. The third-order valence-electron chi connectivity index (χ3n) is 4.93. The highest BCUT2D eigenvalue weighted by Crippen LogP contribution is 2.42. The molecule has 0 heterocycles. The van der Waals surface area contributed by atoms with E-state index in [9.17, 15) is 4.79 Å². The van der Waals surface area contributed by atoms with E-state index in [1.807, 2.05) is 13.8 Å². The molecule has 0 aliphatic carbocycles. The fourth-order valence-electron chi connectivity index (χ4n) is 3.89. The third-order valence-corrected chi connectivity index (χ3v) is 11.0. The summed E-state index contributed by atoms with van der Waals surface area (Å²) in [6.45, 7) is 19.1. The molecule has 0 aromatic rings. The Morgan fingerprint density at radius 1 is 0.958 bits per heavy atom. The van der Waals surface area contributed by atoms with Crippen molar-refractivity contribution in [3.63, 3.8) is 0 Å². The van der Waals surface area contributed by atoms with Gasteiger partial charge in [0.2, 0.25) is 0 Å². The largest absolute Gasteiger partial charge is 0.463 e. The average molecular weight is 357 g/mol. The molecule has 0 bridgehead atoms. The molecule has 0 rings (SSSR count). The molecular formula is C20H40O3Si. The van der Waals surface area contributed by atoms with E-state index in [1.54, 1.807) is 6.08 Å². The zero-order valence-corrected chi connectivity index (χ0v) is 18.3. The van der Waals surface area contributed by atoms with E-state index in [-0.39, 0.29) is 5.97 Å². The maximum atomic E-state index is 11.4. The summed E-state index contributed by atoms with van der Waals surface area (Å²) in [6, 6.07) is 0. The van der Waals surface area contributed by atoms with Gasteiger partial charge in [0.15, 0.2) is 8.32 Å². The van der Waals surface area contributed by atoms with Crippen LogP contribution < -0.4 is 0 Å². The molecule has 0 N–H and O–H groups in total. The molecule has 4 heteroatoms. The number of hydrogen-bond donors (Lipinski definition) is 0. The van der Waals surface area contributed by atoms with Crippen molar-refractivity contribution in [1.29, 1.82) is 0 Å². The molecule has 0 radical (unpaired) electrons. The van der Waals surface area contributed by atoms with Gasteiger partial charge in [-0.25, -0.2) is 4.79 Å². The Morgan fingerprint density at radius 2 is 1.50 bits per heavy atom. The van der Waals surface area contributed by atoms with Gasteiger partial charge in [0.05, 0.1) is 6.61 Å². The topological polar surface area (TPSA) is 35.5 Å². The molecule has 24 heavy (non-hydrogen) atoms. The van der Waals surface area contributed by atoms with Crippen molar-refractivity contribution in [1.82, 2.24) is 0 Å². The quantitative estimate of drug-likeness (QED) is 0.179. The summed E-state index contributed by atoms with van der Waals surface area (Å²) in [4.78, 5) is 11.4. The lowest BCUT2D eigenvalue weighted by Crippen LogP contribution is -2.47. The van der Waals surface area contributed by atoms with Crippen LogP contribution in [0.15, 0.2) is 11.6 Å². The van der Waals surface area contributed by atoms with Crippen molar-refractivity contribution in [3.05, 3.63) is 11.6 Å². The van der Waals surface area contributed by atoms with Crippen LogP contribution in [0.4, 0.5) is 0 Å². The molecular weight excluding hydrogens is 316 g/mol. The Hall–Kier alpha value is -0.613. The molecule has 0 saturated carbocycles. The molecule has 0 atom stereocenters. The predicted octanol–water partition coefficient (Wildman–Crippen LogP) is 6.25. The van der Waals surface area contributed by atoms with Crippen LogP contribution in [0.3, 0.4) is 0 Å². The van der Waals surface area contributed by atoms with Crippen LogP contribution in [0.2, 0.25) is 16.6 Å². The smallest absolute Gasteiger partial charge is 0.330 e. The van der Waals surface area contributed by atoms with E-state index in [2.05, 4.69) is 41.5 Å². The zero-order valence-electron chi connectivity index (χ0n) is 17.3. The first kappa shape index (κ1) is 23.4. The molecule has 3 nitrogen and oxygen atoms in total. The zero-order chi connectivity index (χ0) is 18.8. The van der Waals surface area contributed by atoms with Crippen LogP contribution in [0.25, 0.3) is 0 Å². The molecule has 0 aromatic carbocycles. The number of carbonyl (C=O) groups excluding carboxylic acids is 1. The number of esters is 1. The summed E-state index contributed by atoms with van der Waals surface area (Å²) in [7, 11) is -1.71. The van der Waals surface area contributed by atoms with Gasteiger partial charge >= 0.3 is 5.97 Å². The summed E-state index contributed by atoms with van der Waals surface area (Å²) >= 11 is 0. The Labute approximate surface area is 151 Å². The summed E-state index contributed by atoms with van der Waals surface area (Å²) < 4.78 is 11.5. The van der Waals surface area contributed by atoms with Crippen molar-refractivity contribution >= 4 is 14.3 Å². The molecule has 0 spiro atoms. The standard InChI is InChI=1S/C20H40O3Si/c1-9-22-20(21)15-19(8)13-11-10-12-14-23-24(16(2)3,17(4)5)18(6)7/h15-18H,9-14H2,1-8H3/b19-15+. The minimum atomic E-state index is -1.71. The number of carbonyl (C=O) groups is 1. The van der Waals surface area contributed by atoms with Gasteiger partial charge in [-0.2, -0.15) is 0 Å². The summed E-state index contributed by atoms with van der Waals surface area (Å²) in [5, 5.41) is 0. The van der Waals surface area contributed by atoms with Gasteiger partial charge < -0.3 is 9.16 Å². The van der Waals surface area contributed by atoms with Gasteiger partial charge in [-0.1, -0.05) is 53.5 Å². The van der Waals surface area contributed by atoms with Gasteiger partial charge in [0.25, 0.3) is 0 Å². The third kappa shape index (κ3) is 7.52. The SMILES string of the molecule is CCOC(=O)/C=C(\C)CCCCCO[Si](C(C)C)(C(C)C)C(C)C. The lowest BCUT2D eigenvalue weighted by Gasteiger charge is -2.42. The Bertz CT molecular complexity index is 365. The first-order chi connectivity index (χ1) is 11.2. The predicted molar refractivity (Wildman–Crippen MR) is 106 cm³/mol. The second kappa shape index (κ2) is 11.9. The van der Waals surface area contributed by atoms with Crippen LogP contribution in [0.1, 0.15) is 81.1 Å². The Kier molecular flexibility index (Phi) is 11.6. The van der Waals surface area contributed by atoms with E-state index in [1.165, 1.54) is 0 Å². The van der Waals surface area contributed by atoms with Crippen molar-refractivity contribution in [2.75, 3.05) is 13.2 Å². The van der Waals surface area contributed by atoms with Crippen LogP contribution in [0, 0.1) is 0 Å². The maximum Gasteiger partial charge on any atom is 0.330 e. The van der Waals surface area contributed by atoms with Gasteiger partial charge in [-0.15, -0.1) is 0 Å². The average Bonchev–Trinajstić information content (AvgIpc) is 2.45. The number of ether oxygens (including phenoxy) is 1. The number of allylic oxidation sites excluding steroid dienone is 1. The molecule has 0 fully saturated rings. The van der Waals surface area contributed by atoms with E-state index < -0.39 is 8.32 Å². The second-order valence-corrected chi connectivity index (χ2v) is 13.2. The van der Waals surface area contributed by atoms with Crippen molar-refractivity contribution < 1.29 is 14.0 Å². The minimum absolute atomic E-state index is 0.222. The van der Waals surface area contributed by atoms with Gasteiger partial charge in [0.1, 0.15) is 0 Å². The second-order valence-electron chi connectivity index (χ2n) is 7.72. The van der Waals surface area contributed by atoms with Crippen LogP contribution >= 0.6 is 0 Å². The highest BCUT2D eigenvalue weighted by molar-refractivity contribution is 6.77. The molecule has 142 valence electrons. The van der Waals surface area contributed by atoms with Crippen molar-refractivity contribution in [2.24, 2.45) is 0 Å². The van der Waals surface area contributed by atoms with Crippen LogP contribution in [0.5, 0.6) is 0 Å². The van der Waals surface area contributed by atoms with Gasteiger partial charge in [-0.3, -0.25) is 0 Å². The molecule has 0 saturated heterocycles. The fourth-order valence-corrected chi connectivity index (χ4v) is 9.39. The van der Waals surface area contributed by atoms with E-state index in [4.69, 9.17) is 9.16 Å². The summed E-state index contributed by atoms with van der Waals surface area (Å²) in [6.07, 6.45) is 5.93. The minimum Gasteiger partial charge on any atom is -0.463 e. The highest BCUT2D eigenvalue weighted by atomic mass is 28.4. The molecule has 0 aliphatic rings. The van der Waals surface area contributed by atoms with E-state index >= 15 is 0 Å². The number of hydrogen-bond acceptors (Lipinski definition) is 3. The molecule has 0 unspecified atom stereocenters. The normalized spacial score (nSPS) is 13.2. The fraction of sp³-hybridized carbons (Fsp3) is 0.850. The monoisotopic (exact) mass is 356 g/mol. The highest BCUT2D eigenvalue weighted by Gasteiger charge is 2.44. The maximum absolute atomic E-state index is 11.4. The first-order valence-corrected chi connectivity index (χ1v) is 11.8. The van der Waals surface area contributed by atoms with E-state index in [0.29, 0.717) is 23.2 Å². The van der Waals surface area contributed by atoms with Gasteiger partial charge in [0, 0.05) is 12.7 Å². The van der Waals surface area contributed by atoms with Crippen LogP contribution in [-0.2, 0) is 14.0 Å².